The molecule has 0 saturated heterocycles. The van der Waals surface area contributed by atoms with E-state index in [0.29, 0.717) is 12.2 Å². The smallest absolute Gasteiger partial charge is 0.337 e. The summed E-state index contributed by atoms with van der Waals surface area (Å²) in [6, 6.07) is 0. The van der Waals surface area contributed by atoms with Crippen LogP contribution >= 0.6 is 11.6 Å². The highest BCUT2D eigenvalue weighted by atomic mass is 35.5. The number of dihydropyridines is 1. The van der Waals surface area contributed by atoms with Crippen molar-refractivity contribution in [3.63, 3.8) is 0 Å². The zero-order valence-electron chi connectivity index (χ0n) is 9.38. The van der Waals surface area contributed by atoms with E-state index in [0.717, 1.165) is 24.8 Å². The SMILES string of the molecule is CCOC(=O)C1=C2CCCCC2=CNC1Cl. The Hall–Kier alpha value is -0.960. The molecule has 3 nitrogen and oxygen atoms in total. The van der Waals surface area contributed by atoms with E-state index < -0.39 is 5.50 Å². The summed E-state index contributed by atoms with van der Waals surface area (Å²) in [7, 11) is 0. The minimum absolute atomic E-state index is 0.280. The predicted molar refractivity (Wildman–Crippen MR) is 63.0 cm³/mol. The first-order valence-electron chi connectivity index (χ1n) is 5.73. The molecule has 1 heterocycles. The summed E-state index contributed by atoms with van der Waals surface area (Å²) >= 11 is 6.12. The second-order valence-electron chi connectivity index (χ2n) is 4.02. The molecular weight excluding hydrogens is 226 g/mol. The Balaban J connectivity index is 2.31. The molecule has 0 aromatic heterocycles. The topological polar surface area (TPSA) is 38.3 Å². The number of rotatable bonds is 2. The van der Waals surface area contributed by atoms with Crippen LogP contribution in [0.2, 0.25) is 0 Å². The molecule has 4 heteroatoms. The van der Waals surface area contributed by atoms with Crippen LogP contribution in [0.5, 0.6) is 0 Å². The van der Waals surface area contributed by atoms with E-state index in [4.69, 9.17) is 16.3 Å². The number of hydrogen-bond donors (Lipinski definition) is 1. The van der Waals surface area contributed by atoms with Gasteiger partial charge in [-0.2, -0.15) is 0 Å². The molecule has 1 aliphatic heterocycles. The van der Waals surface area contributed by atoms with Crippen LogP contribution in [0, 0.1) is 0 Å². The predicted octanol–water partition coefficient (Wildman–Crippen LogP) is 2.47. The molecule has 0 aromatic carbocycles. The third-order valence-electron chi connectivity index (χ3n) is 2.99. The Bertz CT molecular complexity index is 360. The fraction of sp³-hybridized carbons (Fsp3) is 0.583. The maximum atomic E-state index is 11.8. The second kappa shape index (κ2) is 4.91. The molecule has 2 aliphatic rings. The number of halogens is 1. The van der Waals surface area contributed by atoms with Gasteiger partial charge in [0.25, 0.3) is 0 Å². The number of allylic oxidation sites excluding steroid dienone is 2. The monoisotopic (exact) mass is 241 g/mol. The maximum Gasteiger partial charge on any atom is 0.337 e. The van der Waals surface area contributed by atoms with Crippen molar-refractivity contribution in [2.45, 2.75) is 38.1 Å². The highest BCUT2D eigenvalue weighted by Gasteiger charge is 2.29. The van der Waals surface area contributed by atoms with Gasteiger partial charge in [0.05, 0.1) is 12.2 Å². The average molecular weight is 242 g/mol. The lowest BCUT2D eigenvalue weighted by molar-refractivity contribution is -0.138. The molecule has 0 bridgehead atoms. The van der Waals surface area contributed by atoms with Gasteiger partial charge in [0.15, 0.2) is 0 Å². The van der Waals surface area contributed by atoms with Crippen LogP contribution in [-0.2, 0) is 9.53 Å². The van der Waals surface area contributed by atoms with Crippen molar-refractivity contribution in [3.05, 3.63) is 22.9 Å². The van der Waals surface area contributed by atoms with Crippen molar-refractivity contribution >= 4 is 17.6 Å². The van der Waals surface area contributed by atoms with Crippen LogP contribution in [-0.4, -0.2) is 18.1 Å². The first-order valence-corrected chi connectivity index (χ1v) is 6.17. The molecule has 16 heavy (non-hydrogen) atoms. The van der Waals surface area contributed by atoms with Crippen molar-refractivity contribution in [2.75, 3.05) is 6.61 Å². The van der Waals surface area contributed by atoms with Crippen LogP contribution in [0.25, 0.3) is 0 Å². The molecule has 1 saturated carbocycles. The summed E-state index contributed by atoms with van der Waals surface area (Å²) in [5.74, 6) is -0.280. The van der Waals surface area contributed by atoms with Gasteiger partial charge in [-0.15, -0.1) is 0 Å². The lowest BCUT2D eigenvalue weighted by Gasteiger charge is -2.28. The third kappa shape index (κ3) is 2.09. The fourth-order valence-electron chi connectivity index (χ4n) is 2.24. The molecule has 0 aromatic rings. The molecule has 2 rings (SSSR count). The van der Waals surface area contributed by atoms with Crippen molar-refractivity contribution < 1.29 is 9.53 Å². The highest BCUT2D eigenvalue weighted by Crippen LogP contribution is 2.35. The van der Waals surface area contributed by atoms with Crippen molar-refractivity contribution in [1.29, 1.82) is 0 Å². The van der Waals surface area contributed by atoms with Crippen LogP contribution < -0.4 is 5.32 Å². The molecule has 0 radical (unpaired) electrons. The highest BCUT2D eigenvalue weighted by molar-refractivity contribution is 6.25. The normalized spacial score (nSPS) is 24.4. The quantitative estimate of drug-likeness (QED) is 0.459. The first-order chi connectivity index (χ1) is 7.74. The number of ether oxygens (including phenoxy) is 1. The minimum Gasteiger partial charge on any atom is -0.463 e. The Morgan fingerprint density at radius 3 is 3.06 bits per heavy atom. The van der Waals surface area contributed by atoms with Gasteiger partial charge in [-0.25, -0.2) is 4.79 Å². The molecular formula is C12H16ClNO2. The van der Waals surface area contributed by atoms with E-state index in [2.05, 4.69) is 5.32 Å². The average Bonchev–Trinajstić information content (AvgIpc) is 2.29. The van der Waals surface area contributed by atoms with Crippen LogP contribution in [0.4, 0.5) is 0 Å². The summed E-state index contributed by atoms with van der Waals surface area (Å²) in [6.07, 6.45) is 6.20. The molecule has 0 amide bonds. The number of alkyl halides is 1. The van der Waals surface area contributed by atoms with Crippen molar-refractivity contribution in [3.8, 4) is 0 Å². The zero-order valence-corrected chi connectivity index (χ0v) is 10.1. The lowest BCUT2D eigenvalue weighted by atomic mass is 9.85. The summed E-state index contributed by atoms with van der Waals surface area (Å²) in [6.45, 7) is 2.19. The number of esters is 1. The van der Waals surface area contributed by atoms with E-state index in [9.17, 15) is 4.79 Å². The molecule has 1 N–H and O–H groups in total. The molecule has 88 valence electrons. The van der Waals surface area contributed by atoms with Gasteiger partial charge in [0.1, 0.15) is 5.50 Å². The molecule has 1 unspecified atom stereocenters. The van der Waals surface area contributed by atoms with Crippen molar-refractivity contribution in [2.24, 2.45) is 0 Å². The second-order valence-corrected chi connectivity index (χ2v) is 4.46. The first kappa shape index (κ1) is 11.5. The number of fused-ring (bicyclic) bond motifs is 1. The van der Waals surface area contributed by atoms with E-state index in [1.54, 1.807) is 6.92 Å². The largest absolute Gasteiger partial charge is 0.463 e. The number of carbonyl (C=O) groups is 1. The number of hydrogen-bond acceptors (Lipinski definition) is 3. The summed E-state index contributed by atoms with van der Waals surface area (Å²) < 4.78 is 5.05. The molecule has 1 atom stereocenters. The van der Waals surface area contributed by atoms with Crippen LogP contribution in [0.1, 0.15) is 32.6 Å². The Morgan fingerprint density at radius 2 is 2.31 bits per heavy atom. The number of carbonyl (C=O) groups excluding carboxylic acids is 1. The lowest BCUT2D eigenvalue weighted by Crippen LogP contribution is -2.32. The standard InChI is InChI=1S/C12H16ClNO2/c1-2-16-12(15)10-9-6-4-3-5-8(9)7-14-11(10)13/h7,11,14H,2-6H2,1H3. The summed E-state index contributed by atoms with van der Waals surface area (Å²) in [5, 5.41) is 3.02. The van der Waals surface area contributed by atoms with Gasteiger partial charge in [0.2, 0.25) is 0 Å². The van der Waals surface area contributed by atoms with E-state index >= 15 is 0 Å². The zero-order chi connectivity index (χ0) is 11.5. The van der Waals surface area contributed by atoms with Gasteiger partial charge in [-0.3, -0.25) is 0 Å². The third-order valence-corrected chi connectivity index (χ3v) is 3.33. The van der Waals surface area contributed by atoms with Crippen molar-refractivity contribution in [1.82, 2.24) is 5.32 Å². The Labute approximate surface area is 100 Å². The van der Waals surface area contributed by atoms with Gasteiger partial charge in [-0.05, 0) is 43.8 Å². The molecule has 1 aliphatic carbocycles. The van der Waals surface area contributed by atoms with E-state index in [-0.39, 0.29) is 5.97 Å². The Morgan fingerprint density at radius 1 is 1.56 bits per heavy atom. The van der Waals surface area contributed by atoms with Crippen LogP contribution in [0.15, 0.2) is 22.9 Å². The van der Waals surface area contributed by atoms with E-state index in [1.165, 1.54) is 12.0 Å². The summed E-state index contributed by atoms with van der Waals surface area (Å²) in [4.78, 5) is 11.8. The van der Waals surface area contributed by atoms with Gasteiger partial charge < -0.3 is 10.1 Å². The molecule has 1 fully saturated rings. The Kier molecular flexibility index (Phi) is 3.54. The fourth-order valence-corrected chi connectivity index (χ4v) is 2.52. The summed E-state index contributed by atoms with van der Waals surface area (Å²) in [5.41, 5.74) is 2.48. The number of nitrogens with one attached hydrogen (secondary N) is 1. The maximum absolute atomic E-state index is 11.8. The van der Waals surface area contributed by atoms with Crippen LogP contribution in [0.3, 0.4) is 0 Å². The van der Waals surface area contributed by atoms with Gasteiger partial charge in [0, 0.05) is 6.20 Å². The van der Waals surface area contributed by atoms with Gasteiger partial charge >= 0.3 is 5.97 Å². The minimum atomic E-state index is -0.448. The van der Waals surface area contributed by atoms with Gasteiger partial charge in [-0.1, -0.05) is 11.6 Å². The van der Waals surface area contributed by atoms with E-state index in [1.807, 2.05) is 6.20 Å². The molecule has 0 spiro atoms.